The number of hydrogen-bond acceptors (Lipinski definition) is 4. The number of ketones is 1. The maximum absolute atomic E-state index is 12.8. The van der Waals surface area contributed by atoms with Gasteiger partial charge in [0.05, 0.1) is 0 Å². The SMILES string of the molecule is CC(C)=CCCC(C)=CC(=O)c1ccccc1C(C)OC(=O)c1ccccc1O. The van der Waals surface area contributed by atoms with Gasteiger partial charge < -0.3 is 9.84 Å². The minimum absolute atomic E-state index is 0.0955. The van der Waals surface area contributed by atoms with Crippen LogP contribution in [0.2, 0.25) is 0 Å². The van der Waals surface area contributed by atoms with Gasteiger partial charge in [-0.2, -0.15) is 0 Å². The van der Waals surface area contributed by atoms with E-state index < -0.39 is 12.1 Å². The topological polar surface area (TPSA) is 63.6 Å². The fraction of sp³-hybridized carbons (Fsp3) is 0.280. The molecule has 0 aliphatic carbocycles. The van der Waals surface area contributed by atoms with Gasteiger partial charge in [-0.1, -0.05) is 53.6 Å². The first-order valence-electron chi connectivity index (χ1n) is 9.72. The molecule has 0 heterocycles. The number of hydrogen-bond donors (Lipinski definition) is 1. The molecule has 1 unspecified atom stereocenters. The molecule has 0 bridgehead atoms. The molecule has 2 rings (SSSR count). The van der Waals surface area contributed by atoms with Gasteiger partial charge in [0.15, 0.2) is 5.78 Å². The normalized spacial score (nSPS) is 12.2. The van der Waals surface area contributed by atoms with E-state index in [4.69, 9.17) is 4.74 Å². The Bertz CT molecular complexity index is 933. The lowest BCUT2D eigenvalue weighted by molar-refractivity contribution is 0.0332. The summed E-state index contributed by atoms with van der Waals surface area (Å²) in [5.41, 5.74) is 3.50. The van der Waals surface area contributed by atoms with Crippen LogP contribution in [0.25, 0.3) is 0 Å². The van der Waals surface area contributed by atoms with Crippen LogP contribution >= 0.6 is 0 Å². The van der Waals surface area contributed by atoms with Crippen molar-refractivity contribution in [2.75, 3.05) is 0 Å². The molecule has 0 radical (unpaired) electrons. The van der Waals surface area contributed by atoms with E-state index in [-0.39, 0.29) is 17.1 Å². The van der Waals surface area contributed by atoms with Crippen LogP contribution in [0.5, 0.6) is 5.75 Å². The molecule has 29 heavy (non-hydrogen) atoms. The Hall–Kier alpha value is -3.14. The molecule has 2 aromatic rings. The maximum Gasteiger partial charge on any atom is 0.342 e. The lowest BCUT2D eigenvalue weighted by Gasteiger charge is -2.17. The Kier molecular flexibility index (Phi) is 7.96. The number of rotatable bonds is 8. The van der Waals surface area contributed by atoms with E-state index in [1.165, 1.54) is 17.7 Å². The summed E-state index contributed by atoms with van der Waals surface area (Å²) in [5, 5.41) is 9.84. The third kappa shape index (κ3) is 6.46. The molecule has 0 amide bonds. The zero-order valence-corrected chi connectivity index (χ0v) is 17.4. The average molecular weight is 392 g/mol. The van der Waals surface area contributed by atoms with Crippen molar-refractivity contribution in [3.8, 4) is 5.75 Å². The first kappa shape index (κ1) is 22.2. The quantitative estimate of drug-likeness (QED) is 0.252. The molecule has 0 saturated carbocycles. The Balaban J connectivity index is 2.17. The number of aromatic hydroxyl groups is 1. The van der Waals surface area contributed by atoms with E-state index in [0.29, 0.717) is 11.1 Å². The monoisotopic (exact) mass is 392 g/mol. The van der Waals surface area contributed by atoms with Gasteiger partial charge in [0.25, 0.3) is 0 Å². The highest BCUT2D eigenvalue weighted by Crippen LogP contribution is 2.25. The highest BCUT2D eigenvalue weighted by Gasteiger charge is 2.20. The van der Waals surface area contributed by atoms with E-state index >= 15 is 0 Å². The zero-order chi connectivity index (χ0) is 21.4. The molecular weight excluding hydrogens is 364 g/mol. The average Bonchev–Trinajstić information content (AvgIpc) is 2.67. The number of allylic oxidation sites excluding steroid dienone is 4. The molecule has 2 aromatic carbocycles. The van der Waals surface area contributed by atoms with E-state index in [1.54, 1.807) is 43.3 Å². The smallest absolute Gasteiger partial charge is 0.342 e. The molecule has 0 fully saturated rings. The summed E-state index contributed by atoms with van der Waals surface area (Å²) in [4.78, 5) is 25.2. The van der Waals surface area contributed by atoms with E-state index in [9.17, 15) is 14.7 Å². The zero-order valence-electron chi connectivity index (χ0n) is 17.4. The van der Waals surface area contributed by atoms with Crippen LogP contribution in [0.4, 0.5) is 0 Å². The lowest BCUT2D eigenvalue weighted by atomic mass is 9.98. The highest BCUT2D eigenvalue weighted by atomic mass is 16.5. The number of carbonyl (C=O) groups excluding carboxylic acids is 2. The Labute approximate surface area is 172 Å². The molecular formula is C25H28O4. The summed E-state index contributed by atoms with van der Waals surface area (Å²) in [5.74, 6) is -0.879. The van der Waals surface area contributed by atoms with Gasteiger partial charge in [0.1, 0.15) is 17.4 Å². The summed E-state index contributed by atoms with van der Waals surface area (Å²) >= 11 is 0. The molecule has 0 saturated heterocycles. The third-order valence-corrected chi connectivity index (χ3v) is 4.54. The van der Waals surface area contributed by atoms with Crippen molar-refractivity contribution >= 4 is 11.8 Å². The summed E-state index contributed by atoms with van der Waals surface area (Å²) in [6.45, 7) is 7.77. The first-order chi connectivity index (χ1) is 13.8. The molecule has 4 heteroatoms. The molecule has 1 atom stereocenters. The van der Waals surface area contributed by atoms with Crippen molar-refractivity contribution in [3.05, 3.63) is 88.5 Å². The predicted molar refractivity (Wildman–Crippen MR) is 115 cm³/mol. The number of para-hydroxylation sites is 1. The second-order valence-corrected chi connectivity index (χ2v) is 7.33. The van der Waals surface area contributed by atoms with Crippen LogP contribution < -0.4 is 0 Å². The number of phenols is 1. The molecule has 0 aromatic heterocycles. The van der Waals surface area contributed by atoms with Gasteiger partial charge in [0, 0.05) is 11.1 Å². The van der Waals surface area contributed by atoms with Crippen LogP contribution in [0.1, 0.15) is 72.9 Å². The standard InChI is InChI=1S/C25H28O4/c1-17(2)10-9-11-18(3)16-24(27)21-13-6-5-12-20(21)19(4)29-25(28)22-14-7-8-15-23(22)26/h5-8,10,12-16,19,26H,9,11H2,1-4H3. The number of benzene rings is 2. The highest BCUT2D eigenvalue weighted by molar-refractivity contribution is 6.06. The van der Waals surface area contributed by atoms with Gasteiger partial charge in [-0.05, 0) is 58.7 Å². The van der Waals surface area contributed by atoms with Crippen LogP contribution in [0.3, 0.4) is 0 Å². The van der Waals surface area contributed by atoms with Crippen molar-refractivity contribution in [2.45, 2.75) is 46.6 Å². The van der Waals surface area contributed by atoms with Crippen molar-refractivity contribution in [1.82, 2.24) is 0 Å². The van der Waals surface area contributed by atoms with Gasteiger partial charge in [0.2, 0.25) is 0 Å². The molecule has 1 N–H and O–H groups in total. The van der Waals surface area contributed by atoms with Crippen molar-refractivity contribution in [3.63, 3.8) is 0 Å². The Morgan fingerprint density at radius 2 is 1.62 bits per heavy atom. The van der Waals surface area contributed by atoms with Gasteiger partial charge in [-0.25, -0.2) is 4.79 Å². The fourth-order valence-corrected chi connectivity index (χ4v) is 2.97. The molecule has 0 aliphatic heterocycles. The summed E-state index contributed by atoms with van der Waals surface area (Å²) in [7, 11) is 0. The van der Waals surface area contributed by atoms with Crippen molar-refractivity contribution in [1.29, 1.82) is 0 Å². The minimum atomic E-state index is -0.637. The Morgan fingerprint density at radius 3 is 2.28 bits per heavy atom. The van der Waals surface area contributed by atoms with E-state index in [0.717, 1.165) is 18.4 Å². The van der Waals surface area contributed by atoms with Gasteiger partial charge in [-0.15, -0.1) is 0 Å². The lowest BCUT2D eigenvalue weighted by Crippen LogP contribution is -2.12. The second-order valence-electron chi connectivity index (χ2n) is 7.33. The molecule has 152 valence electrons. The summed E-state index contributed by atoms with van der Waals surface area (Å²) in [6.07, 6.45) is 4.87. The first-order valence-corrected chi connectivity index (χ1v) is 9.72. The van der Waals surface area contributed by atoms with Crippen LogP contribution in [-0.2, 0) is 4.74 Å². The molecule has 4 nitrogen and oxygen atoms in total. The summed E-state index contributed by atoms with van der Waals surface area (Å²) in [6, 6.07) is 13.3. The summed E-state index contributed by atoms with van der Waals surface area (Å²) < 4.78 is 5.51. The number of esters is 1. The largest absolute Gasteiger partial charge is 0.507 e. The Morgan fingerprint density at radius 1 is 1.00 bits per heavy atom. The molecule has 0 aliphatic rings. The number of ether oxygens (including phenoxy) is 1. The minimum Gasteiger partial charge on any atom is -0.507 e. The maximum atomic E-state index is 12.8. The van der Waals surface area contributed by atoms with Crippen LogP contribution in [-0.4, -0.2) is 16.9 Å². The molecule has 0 spiro atoms. The van der Waals surface area contributed by atoms with Crippen LogP contribution in [0, 0.1) is 0 Å². The third-order valence-electron chi connectivity index (χ3n) is 4.54. The van der Waals surface area contributed by atoms with E-state index in [1.807, 2.05) is 13.0 Å². The van der Waals surface area contributed by atoms with E-state index in [2.05, 4.69) is 19.9 Å². The predicted octanol–water partition coefficient (Wildman–Crippen LogP) is 6.19. The fourth-order valence-electron chi connectivity index (χ4n) is 2.97. The van der Waals surface area contributed by atoms with Crippen molar-refractivity contribution < 1.29 is 19.4 Å². The number of carbonyl (C=O) groups is 2. The van der Waals surface area contributed by atoms with Gasteiger partial charge >= 0.3 is 5.97 Å². The second kappa shape index (κ2) is 10.4. The number of phenolic OH excluding ortho intramolecular Hbond substituents is 1. The van der Waals surface area contributed by atoms with Gasteiger partial charge in [-0.3, -0.25) is 4.79 Å². The van der Waals surface area contributed by atoms with Crippen LogP contribution in [0.15, 0.2) is 71.8 Å². The van der Waals surface area contributed by atoms with Crippen molar-refractivity contribution in [2.24, 2.45) is 0 Å².